The highest BCUT2D eigenvalue weighted by atomic mass is 16.4. The lowest BCUT2D eigenvalue weighted by Crippen LogP contribution is -2.05. The van der Waals surface area contributed by atoms with Crippen molar-refractivity contribution in [1.29, 1.82) is 0 Å². The summed E-state index contributed by atoms with van der Waals surface area (Å²) in [6.45, 7) is 1.97. The summed E-state index contributed by atoms with van der Waals surface area (Å²) in [5.41, 5.74) is 2.98. The first-order valence-corrected chi connectivity index (χ1v) is 7.16. The van der Waals surface area contributed by atoms with Crippen molar-refractivity contribution >= 4 is 11.9 Å². The highest BCUT2D eigenvalue weighted by Gasteiger charge is 2.13. The fourth-order valence-corrected chi connectivity index (χ4v) is 2.49. The van der Waals surface area contributed by atoms with Crippen molar-refractivity contribution in [3.63, 3.8) is 0 Å². The van der Waals surface area contributed by atoms with E-state index in [2.05, 4.69) is 0 Å². The van der Waals surface area contributed by atoms with E-state index in [4.69, 9.17) is 10.2 Å². The molecule has 2 rings (SSSR count). The van der Waals surface area contributed by atoms with Crippen LogP contribution in [0.1, 0.15) is 41.6 Å². The van der Waals surface area contributed by atoms with Gasteiger partial charge in [0.15, 0.2) is 0 Å². The number of carboxylic acids is 2. The van der Waals surface area contributed by atoms with Crippen molar-refractivity contribution < 1.29 is 19.8 Å². The normalized spacial score (nSPS) is 11.9. The van der Waals surface area contributed by atoms with E-state index < -0.39 is 11.9 Å². The van der Waals surface area contributed by atoms with Crippen molar-refractivity contribution in [3.8, 4) is 11.1 Å². The average Bonchev–Trinajstić information content (AvgIpc) is 2.52. The Morgan fingerprint density at radius 1 is 1.00 bits per heavy atom. The molecule has 0 radical (unpaired) electrons. The standard InChI is InChI=1S/C18H18O4/c1-2-12(11-17(19)20)13-6-8-14(9-7-13)15-4-3-5-16(10-15)18(21)22/h3-10,12H,2,11H2,1H3,(H,19,20)(H,21,22). The monoisotopic (exact) mass is 298 g/mol. The van der Waals surface area contributed by atoms with Gasteiger partial charge >= 0.3 is 11.9 Å². The quantitative estimate of drug-likeness (QED) is 0.844. The largest absolute Gasteiger partial charge is 0.481 e. The second kappa shape index (κ2) is 6.89. The third-order valence-corrected chi connectivity index (χ3v) is 3.74. The third kappa shape index (κ3) is 3.73. The average molecular weight is 298 g/mol. The molecule has 0 bridgehead atoms. The van der Waals surface area contributed by atoms with Crippen LogP contribution in [0.2, 0.25) is 0 Å². The minimum Gasteiger partial charge on any atom is -0.481 e. The molecule has 1 atom stereocenters. The Morgan fingerprint density at radius 2 is 1.68 bits per heavy atom. The molecule has 0 aliphatic rings. The van der Waals surface area contributed by atoms with Crippen LogP contribution in [0, 0.1) is 0 Å². The number of aliphatic carboxylic acids is 1. The zero-order chi connectivity index (χ0) is 16.1. The SMILES string of the molecule is CCC(CC(=O)O)c1ccc(-c2cccc(C(=O)O)c2)cc1. The molecule has 0 aromatic heterocycles. The summed E-state index contributed by atoms with van der Waals surface area (Å²) in [5.74, 6) is -1.76. The molecule has 2 aromatic carbocycles. The van der Waals surface area contributed by atoms with Crippen molar-refractivity contribution in [2.24, 2.45) is 0 Å². The molecule has 0 aliphatic heterocycles. The van der Waals surface area contributed by atoms with Crippen molar-refractivity contribution in [2.75, 3.05) is 0 Å². The molecule has 114 valence electrons. The van der Waals surface area contributed by atoms with Crippen LogP contribution >= 0.6 is 0 Å². The highest BCUT2D eigenvalue weighted by Crippen LogP contribution is 2.27. The molecule has 2 N–H and O–H groups in total. The van der Waals surface area contributed by atoms with Gasteiger partial charge in [-0.25, -0.2) is 4.79 Å². The number of aromatic carboxylic acids is 1. The Kier molecular flexibility index (Phi) is 4.94. The maximum atomic E-state index is 11.0. The van der Waals surface area contributed by atoms with Crippen LogP contribution in [0.15, 0.2) is 48.5 Å². The smallest absolute Gasteiger partial charge is 0.335 e. The molecular formula is C18H18O4. The van der Waals surface area contributed by atoms with Gasteiger partial charge < -0.3 is 10.2 Å². The fourth-order valence-electron chi connectivity index (χ4n) is 2.49. The van der Waals surface area contributed by atoms with E-state index >= 15 is 0 Å². The Bertz CT molecular complexity index is 674. The summed E-state index contributed by atoms with van der Waals surface area (Å²) in [5, 5.41) is 18.0. The van der Waals surface area contributed by atoms with E-state index in [-0.39, 0.29) is 17.9 Å². The minimum atomic E-state index is -0.953. The summed E-state index contributed by atoms with van der Waals surface area (Å²) in [6, 6.07) is 14.4. The molecule has 0 heterocycles. The molecule has 0 saturated carbocycles. The predicted molar refractivity (Wildman–Crippen MR) is 84.1 cm³/mol. The van der Waals surface area contributed by atoms with Gasteiger partial charge in [0.2, 0.25) is 0 Å². The Labute approximate surface area is 129 Å². The zero-order valence-electron chi connectivity index (χ0n) is 12.3. The highest BCUT2D eigenvalue weighted by molar-refractivity contribution is 5.89. The molecule has 0 fully saturated rings. The lowest BCUT2D eigenvalue weighted by atomic mass is 9.91. The summed E-state index contributed by atoms with van der Waals surface area (Å²) in [6.07, 6.45) is 0.879. The van der Waals surface area contributed by atoms with Crippen LogP contribution in [0.5, 0.6) is 0 Å². The molecule has 4 nitrogen and oxygen atoms in total. The second-order valence-electron chi connectivity index (χ2n) is 5.21. The second-order valence-corrected chi connectivity index (χ2v) is 5.21. The molecule has 1 unspecified atom stereocenters. The lowest BCUT2D eigenvalue weighted by Gasteiger charge is -2.13. The van der Waals surface area contributed by atoms with Crippen molar-refractivity contribution in [2.45, 2.75) is 25.7 Å². The Hall–Kier alpha value is -2.62. The molecule has 0 saturated heterocycles. The lowest BCUT2D eigenvalue weighted by molar-refractivity contribution is -0.137. The van der Waals surface area contributed by atoms with Crippen LogP contribution in [-0.4, -0.2) is 22.2 Å². The zero-order valence-corrected chi connectivity index (χ0v) is 12.3. The molecule has 22 heavy (non-hydrogen) atoms. The number of carbonyl (C=O) groups is 2. The van der Waals surface area contributed by atoms with Gasteiger partial charge in [0.1, 0.15) is 0 Å². The van der Waals surface area contributed by atoms with E-state index in [1.165, 1.54) is 0 Å². The van der Waals surface area contributed by atoms with E-state index in [0.717, 1.165) is 23.1 Å². The predicted octanol–water partition coefficient (Wildman–Crippen LogP) is 4.02. The maximum Gasteiger partial charge on any atom is 0.335 e. The molecule has 0 aliphatic carbocycles. The van der Waals surface area contributed by atoms with Crippen molar-refractivity contribution in [1.82, 2.24) is 0 Å². The van der Waals surface area contributed by atoms with E-state index in [1.807, 2.05) is 37.3 Å². The fraction of sp³-hybridized carbons (Fsp3) is 0.222. The topological polar surface area (TPSA) is 74.6 Å². The van der Waals surface area contributed by atoms with Crippen LogP contribution < -0.4 is 0 Å². The Balaban J connectivity index is 2.26. The van der Waals surface area contributed by atoms with E-state index in [1.54, 1.807) is 18.2 Å². The van der Waals surface area contributed by atoms with Gasteiger partial charge in [-0.1, -0.05) is 43.3 Å². The van der Waals surface area contributed by atoms with Gasteiger partial charge in [-0.05, 0) is 41.2 Å². The van der Waals surface area contributed by atoms with E-state index in [9.17, 15) is 9.59 Å². The summed E-state index contributed by atoms with van der Waals surface area (Å²) >= 11 is 0. The number of carboxylic acid groups (broad SMARTS) is 2. The van der Waals surface area contributed by atoms with Gasteiger partial charge in [-0.2, -0.15) is 0 Å². The van der Waals surface area contributed by atoms with Gasteiger partial charge in [0, 0.05) is 0 Å². The first kappa shape index (κ1) is 15.8. The Morgan fingerprint density at radius 3 is 2.23 bits per heavy atom. The van der Waals surface area contributed by atoms with E-state index in [0.29, 0.717) is 0 Å². The summed E-state index contributed by atoms with van der Waals surface area (Å²) in [7, 11) is 0. The number of hydrogen-bond donors (Lipinski definition) is 2. The third-order valence-electron chi connectivity index (χ3n) is 3.74. The van der Waals surface area contributed by atoms with Gasteiger partial charge in [0.25, 0.3) is 0 Å². The maximum absolute atomic E-state index is 11.0. The van der Waals surface area contributed by atoms with Crippen molar-refractivity contribution in [3.05, 3.63) is 59.7 Å². The molecule has 0 spiro atoms. The molecule has 4 heteroatoms. The summed E-state index contributed by atoms with van der Waals surface area (Å²) < 4.78 is 0. The summed E-state index contributed by atoms with van der Waals surface area (Å²) in [4.78, 5) is 21.9. The molecule has 2 aromatic rings. The molecule has 0 amide bonds. The van der Waals surface area contributed by atoms with Crippen LogP contribution in [0.3, 0.4) is 0 Å². The minimum absolute atomic E-state index is 0.00287. The number of rotatable bonds is 6. The van der Waals surface area contributed by atoms with Gasteiger partial charge in [-0.15, -0.1) is 0 Å². The van der Waals surface area contributed by atoms with Gasteiger partial charge in [0.05, 0.1) is 12.0 Å². The number of benzene rings is 2. The first-order valence-electron chi connectivity index (χ1n) is 7.16. The van der Waals surface area contributed by atoms with Crippen LogP contribution in [-0.2, 0) is 4.79 Å². The van der Waals surface area contributed by atoms with Crippen LogP contribution in [0.25, 0.3) is 11.1 Å². The van der Waals surface area contributed by atoms with Gasteiger partial charge in [-0.3, -0.25) is 4.79 Å². The first-order chi connectivity index (χ1) is 10.5. The molecular weight excluding hydrogens is 280 g/mol. The van der Waals surface area contributed by atoms with Crippen LogP contribution in [0.4, 0.5) is 0 Å². The number of hydrogen-bond acceptors (Lipinski definition) is 2.